The summed E-state index contributed by atoms with van der Waals surface area (Å²) in [7, 11) is 0. The maximum absolute atomic E-state index is 12.4. The number of carbonyl (C=O) groups excluding carboxylic acids is 2. The molecular formula is C16H18Cl2N3O3. The first kappa shape index (κ1) is 18.9. The molecule has 0 aromatic carbocycles. The van der Waals surface area contributed by atoms with Crippen molar-refractivity contribution in [3.05, 3.63) is 21.3 Å². The van der Waals surface area contributed by atoms with Gasteiger partial charge in [-0.3, -0.25) is 9.59 Å². The number of hydrogen-bond donors (Lipinski definition) is 1. The largest absolute Gasteiger partial charge is 0.378 e. The second-order valence-corrected chi connectivity index (χ2v) is 8.07. The predicted molar refractivity (Wildman–Crippen MR) is 88.2 cm³/mol. The van der Waals surface area contributed by atoms with Crippen LogP contribution < -0.4 is 5.32 Å². The average molecular weight is 371 g/mol. The van der Waals surface area contributed by atoms with Crippen molar-refractivity contribution in [2.75, 3.05) is 0 Å². The fraction of sp³-hybridized carbons (Fsp3) is 0.562. The van der Waals surface area contributed by atoms with Gasteiger partial charge in [0.1, 0.15) is 27.4 Å². The molecule has 0 bridgehead atoms. The smallest absolute Gasteiger partial charge is 0.223 e. The molecule has 1 N–H and O–H groups in total. The first-order chi connectivity index (χ1) is 10.9. The molecule has 2 aliphatic rings. The Morgan fingerprint density at radius 3 is 2.00 bits per heavy atom. The van der Waals surface area contributed by atoms with Crippen molar-refractivity contribution in [3.63, 3.8) is 0 Å². The number of piperidine rings is 1. The van der Waals surface area contributed by atoms with Gasteiger partial charge in [-0.25, -0.2) is 0 Å². The first-order valence-corrected chi connectivity index (χ1v) is 8.21. The van der Waals surface area contributed by atoms with E-state index in [-0.39, 0.29) is 17.3 Å². The standard InChI is InChI=1S/C16H18Cl2N3O3/c1-15(2)5-8(6-16(3,4)21(15)24)20-12-9(7-19)13(22)10(17)11(18)14(12)23/h8,20H,5-6H2,1-4H3. The maximum atomic E-state index is 12.4. The normalized spacial score (nSPS) is 25.1. The van der Waals surface area contributed by atoms with Crippen LogP contribution in [0.1, 0.15) is 40.5 Å². The molecule has 2 rings (SSSR count). The molecule has 1 radical (unpaired) electrons. The zero-order valence-electron chi connectivity index (χ0n) is 13.9. The van der Waals surface area contributed by atoms with Crippen molar-refractivity contribution in [3.8, 4) is 6.07 Å². The Morgan fingerprint density at radius 2 is 1.54 bits per heavy atom. The van der Waals surface area contributed by atoms with Gasteiger partial charge in [-0.1, -0.05) is 23.2 Å². The van der Waals surface area contributed by atoms with E-state index in [4.69, 9.17) is 23.2 Å². The summed E-state index contributed by atoms with van der Waals surface area (Å²) in [5, 5.41) is 24.8. The van der Waals surface area contributed by atoms with Crippen LogP contribution in [0.3, 0.4) is 0 Å². The molecule has 0 amide bonds. The Labute approximate surface area is 150 Å². The molecule has 1 saturated heterocycles. The molecule has 1 fully saturated rings. The third-order valence-electron chi connectivity index (χ3n) is 4.35. The monoisotopic (exact) mass is 370 g/mol. The molecule has 24 heavy (non-hydrogen) atoms. The summed E-state index contributed by atoms with van der Waals surface area (Å²) >= 11 is 11.5. The Kier molecular flexibility index (Phi) is 4.86. The van der Waals surface area contributed by atoms with Gasteiger partial charge in [0.2, 0.25) is 11.6 Å². The lowest BCUT2D eigenvalue weighted by molar-refractivity contribution is -0.289. The molecule has 0 aromatic rings. The van der Waals surface area contributed by atoms with Crippen LogP contribution in [0.25, 0.3) is 0 Å². The lowest BCUT2D eigenvalue weighted by Gasteiger charge is -2.50. The number of Topliss-reactive ketones (excluding diaryl/α,β-unsaturated/α-hetero) is 2. The topological polar surface area (TPSA) is 93.1 Å². The van der Waals surface area contributed by atoms with E-state index < -0.39 is 32.7 Å². The highest BCUT2D eigenvalue weighted by molar-refractivity contribution is 6.59. The minimum Gasteiger partial charge on any atom is -0.378 e. The lowest BCUT2D eigenvalue weighted by atomic mass is 9.78. The summed E-state index contributed by atoms with van der Waals surface area (Å²) in [6.45, 7) is 7.25. The van der Waals surface area contributed by atoms with E-state index in [0.29, 0.717) is 12.8 Å². The molecule has 1 aliphatic carbocycles. The molecular weight excluding hydrogens is 353 g/mol. The Balaban J connectivity index is 2.36. The number of allylic oxidation sites excluding steroid dienone is 3. The van der Waals surface area contributed by atoms with Crippen molar-refractivity contribution in [1.29, 1.82) is 5.26 Å². The van der Waals surface area contributed by atoms with Crippen LogP contribution in [0.5, 0.6) is 0 Å². The quantitative estimate of drug-likeness (QED) is 0.753. The number of hydrogen-bond acceptors (Lipinski definition) is 5. The maximum Gasteiger partial charge on any atom is 0.223 e. The molecule has 0 unspecified atom stereocenters. The summed E-state index contributed by atoms with van der Waals surface area (Å²) in [6.07, 6.45) is 0.886. The number of ketones is 2. The van der Waals surface area contributed by atoms with Crippen LogP contribution in [0.4, 0.5) is 0 Å². The highest BCUT2D eigenvalue weighted by Gasteiger charge is 2.47. The van der Waals surface area contributed by atoms with Crippen molar-refractivity contribution in [2.24, 2.45) is 0 Å². The van der Waals surface area contributed by atoms with Gasteiger partial charge in [0.25, 0.3) is 0 Å². The lowest BCUT2D eigenvalue weighted by Crippen LogP contribution is -2.62. The van der Waals surface area contributed by atoms with E-state index in [0.717, 1.165) is 5.06 Å². The van der Waals surface area contributed by atoms with Crippen molar-refractivity contribution in [2.45, 2.75) is 57.7 Å². The average Bonchev–Trinajstić information content (AvgIpc) is 2.48. The minimum atomic E-state index is -0.772. The summed E-state index contributed by atoms with van der Waals surface area (Å²) < 4.78 is 0. The Bertz CT molecular complexity index is 699. The highest BCUT2D eigenvalue weighted by Crippen LogP contribution is 2.38. The minimum absolute atomic E-state index is 0.146. The second kappa shape index (κ2) is 6.16. The third-order valence-corrected chi connectivity index (χ3v) is 5.17. The van der Waals surface area contributed by atoms with E-state index in [9.17, 15) is 20.1 Å². The number of hydroxylamine groups is 2. The molecule has 129 valence electrons. The fourth-order valence-electron chi connectivity index (χ4n) is 3.46. The summed E-state index contributed by atoms with van der Waals surface area (Å²) in [4.78, 5) is 24.4. The summed E-state index contributed by atoms with van der Waals surface area (Å²) in [5.74, 6) is -1.45. The Morgan fingerprint density at radius 1 is 1.08 bits per heavy atom. The van der Waals surface area contributed by atoms with E-state index in [1.807, 2.05) is 27.7 Å². The predicted octanol–water partition coefficient (Wildman–Crippen LogP) is 2.56. The Hall–Kier alpha value is -1.39. The van der Waals surface area contributed by atoms with Gasteiger partial charge in [0, 0.05) is 17.1 Å². The van der Waals surface area contributed by atoms with Crippen LogP contribution >= 0.6 is 23.2 Å². The SMILES string of the molecule is CC1(C)CC(NC2=C(C#N)C(=O)C(Cl)=C(Cl)C2=O)CC(C)(C)N1[O]. The number of nitrogens with one attached hydrogen (secondary N) is 1. The van der Waals surface area contributed by atoms with Crippen molar-refractivity contribution < 1.29 is 14.8 Å². The van der Waals surface area contributed by atoms with Crippen LogP contribution in [0.15, 0.2) is 21.3 Å². The van der Waals surface area contributed by atoms with Gasteiger partial charge < -0.3 is 5.32 Å². The molecule has 0 atom stereocenters. The second-order valence-electron chi connectivity index (χ2n) is 7.32. The van der Waals surface area contributed by atoms with Gasteiger partial charge >= 0.3 is 0 Å². The van der Waals surface area contributed by atoms with Gasteiger partial charge in [0.05, 0.1) is 0 Å². The third kappa shape index (κ3) is 3.09. The van der Waals surface area contributed by atoms with Crippen LogP contribution in [0.2, 0.25) is 0 Å². The van der Waals surface area contributed by atoms with Crippen LogP contribution in [-0.4, -0.2) is 33.7 Å². The van der Waals surface area contributed by atoms with Gasteiger partial charge in [-0.15, -0.1) is 10.3 Å². The zero-order chi connectivity index (χ0) is 18.4. The van der Waals surface area contributed by atoms with Gasteiger partial charge in [-0.05, 0) is 40.5 Å². The van der Waals surface area contributed by atoms with E-state index in [2.05, 4.69) is 5.32 Å². The van der Waals surface area contributed by atoms with Crippen molar-refractivity contribution in [1.82, 2.24) is 10.4 Å². The molecule has 0 saturated carbocycles. The van der Waals surface area contributed by atoms with E-state index in [1.165, 1.54) is 0 Å². The highest BCUT2D eigenvalue weighted by atomic mass is 35.5. The molecule has 6 nitrogen and oxygen atoms in total. The zero-order valence-corrected chi connectivity index (χ0v) is 15.4. The summed E-state index contributed by atoms with van der Waals surface area (Å²) in [6, 6.07) is 1.46. The van der Waals surface area contributed by atoms with Crippen LogP contribution in [0, 0.1) is 11.3 Å². The first-order valence-electron chi connectivity index (χ1n) is 7.45. The van der Waals surface area contributed by atoms with Gasteiger partial charge in [-0.2, -0.15) is 5.26 Å². The molecule has 0 spiro atoms. The molecule has 8 heteroatoms. The van der Waals surface area contributed by atoms with Crippen LogP contribution in [-0.2, 0) is 14.8 Å². The number of nitriles is 1. The van der Waals surface area contributed by atoms with E-state index >= 15 is 0 Å². The molecule has 0 aromatic heterocycles. The number of rotatable bonds is 2. The molecule has 1 heterocycles. The molecule has 1 aliphatic heterocycles. The summed E-state index contributed by atoms with van der Waals surface area (Å²) in [5.41, 5.74) is -1.82. The fourth-order valence-corrected chi connectivity index (χ4v) is 3.82. The number of carbonyl (C=O) groups is 2. The van der Waals surface area contributed by atoms with E-state index in [1.54, 1.807) is 6.07 Å². The van der Waals surface area contributed by atoms with Gasteiger partial charge in [0.15, 0.2) is 0 Å². The van der Waals surface area contributed by atoms with Crippen molar-refractivity contribution >= 4 is 34.8 Å². The number of nitrogens with zero attached hydrogens (tertiary/aromatic N) is 2. The number of halogens is 2.